The number of hydrogen-bond acceptors (Lipinski definition) is 3. The highest BCUT2D eigenvalue weighted by Crippen LogP contribution is 2.36. The number of H-pyrrole nitrogens is 1. The van der Waals surface area contributed by atoms with Crippen LogP contribution in [0.2, 0.25) is 5.02 Å². The summed E-state index contributed by atoms with van der Waals surface area (Å²) in [5, 5.41) is 2.80. The van der Waals surface area contributed by atoms with E-state index < -0.39 is 17.6 Å². The number of anilines is 1. The number of halogens is 5. The van der Waals surface area contributed by atoms with Crippen molar-refractivity contribution in [1.29, 1.82) is 0 Å². The van der Waals surface area contributed by atoms with Gasteiger partial charge in [0.05, 0.1) is 10.9 Å². The summed E-state index contributed by atoms with van der Waals surface area (Å²) in [6, 6.07) is 3.89. The molecule has 0 saturated heterocycles. The van der Waals surface area contributed by atoms with E-state index in [4.69, 9.17) is 11.6 Å². The Hall–Kier alpha value is -2.35. The van der Waals surface area contributed by atoms with Gasteiger partial charge in [-0.1, -0.05) is 11.6 Å². The molecule has 0 radical (unpaired) electrons. The predicted octanol–water partition coefficient (Wildman–Crippen LogP) is 4.38. The van der Waals surface area contributed by atoms with Crippen LogP contribution in [0.25, 0.3) is 11.0 Å². The molecular weight excluding hydrogens is 336 g/mol. The normalized spacial score (nSPS) is 11.9. The first kappa shape index (κ1) is 15.5. The van der Waals surface area contributed by atoms with Crippen molar-refractivity contribution >= 4 is 28.5 Å². The third kappa shape index (κ3) is 3.21. The summed E-state index contributed by atoms with van der Waals surface area (Å²) in [4.78, 5) is 10.1. The van der Waals surface area contributed by atoms with Gasteiger partial charge in [0, 0.05) is 17.8 Å². The van der Waals surface area contributed by atoms with E-state index in [-0.39, 0.29) is 28.4 Å². The Bertz CT molecular complexity index is 839. The lowest BCUT2D eigenvalue weighted by atomic mass is 10.2. The Morgan fingerprint density at radius 3 is 2.65 bits per heavy atom. The average Bonchev–Trinajstić information content (AvgIpc) is 2.88. The Morgan fingerprint density at radius 2 is 1.96 bits per heavy atom. The Labute approximate surface area is 132 Å². The zero-order valence-electron chi connectivity index (χ0n) is 11.4. The summed E-state index contributed by atoms with van der Waals surface area (Å²) < 4.78 is 52.4. The highest BCUT2D eigenvalue weighted by atomic mass is 35.5. The van der Waals surface area contributed by atoms with E-state index in [0.29, 0.717) is 5.56 Å². The van der Waals surface area contributed by atoms with E-state index in [0.717, 1.165) is 18.6 Å². The summed E-state index contributed by atoms with van der Waals surface area (Å²) in [5.74, 6) is -0.524. The average molecular weight is 345 g/mol. The second-order valence-corrected chi connectivity index (χ2v) is 5.21. The maximum atomic E-state index is 13.3. The molecular formula is C14H9ClF4N4. The van der Waals surface area contributed by atoms with Gasteiger partial charge in [0.25, 0.3) is 0 Å². The molecule has 0 spiro atoms. The van der Waals surface area contributed by atoms with Crippen molar-refractivity contribution in [2.45, 2.75) is 12.7 Å². The second-order valence-electron chi connectivity index (χ2n) is 4.78. The van der Waals surface area contributed by atoms with Crippen LogP contribution in [0.15, 0.2) is 30.7 Å². The Balaban J connectivity index is 1.95. The molecule has 0 aliphatic carbocycles. The largest absolute Gasteiger partial charge is 0.418 e. The molecule has 120 valence electrons. The van der Waals surface area contributed by atoms with Gasteiger partial charge in [0.2, 0.25) is 0 Å². The van der Waals surface area contributed by atoms with Crippen molar-refractivity contribution < 1.29 is 17.6 Å². The highest BCUT2D eigenvalue weighted by molar-refractivity contribution is 6.30. The van der Waals surface area contributed by atoms with Gasteiger partial charge in [-0.05, 0) is 23.8 Å². The van der Waals surface area contributed by atoms with Crippen LogP contribution in [0.5, 0.6) is 0 Å². The minimum atomic E-state index is -4.54. The van der Waals surface area contributed by atoms with Crippen LogP contribution in [0.3, 0.4) is 0 Å². The van der Waals surface area contributed by atoms with Crippen molar-refractivity contribution in [2.24, 2.45) is 0 Å². The molecule has 0 saturated carbocycles. The number of aromatic amines is 1. The first-order valence-electron chi connectivity index (χ1n) is 6.43. The quantitative estimate of drug-likeness (QED) is 0.693. The molecule has 0 unspecified atom stereocenters. The zero-order valence-corrected chi connectivity index (χ0v) is 12.1. The lowest BCUT2D eigenvalue weighted by Crippen LogP contribution is -2.07. The molecule has 0 aliphatic heterocycles. The third-order valence-corrected chi connectivity index (χ3v) is 3.38. The van der Waals surface area contributed by atoms with E-state index in [9.17, 15) is 17.6 Å². The molecule has 9 heteroatoms. The third-order valence-electron chi connectivity index (χ3n) is 3.16. The zero-order chi connectivity index (χ0) is 16.6. The number of benzene rings is 1. The molecule has 0 aliphatic rings. The maximum Gasteiger partial charge on any atom is 0.418 e. The predicted molar refractivity (Wildman–Crippen MR) is 77.6 cm³/mol. The molecule has 23 heavy (non-hydrogen) atoms. The van der Waals surface area contributed by atoms with Crippen molar-refractivity contribution in [3.8, 4) is 0 Å². The van der Waals surface area contributed by atoms with Gasteiger partial charge in [-0.2, -0.15) is 13.2 Å². The standard InChI is InChI=1S/C14H9ClF4N4/c15-8-1-7(2-9(16)3-8)4-20-12-11-10(14(17,18)19)5-21-13(11)23-6-22-12/h1-3,5-6H,4H2,(H2,20,21,22,23). The van der Waals surface area contributed by atoms with Crippen LogP contribution in [0, 0.1) is 5.82 Å². The molecule has 2 N–H and O–H groups in total. The molecule has 0 amide bonds. The Morgan fingerprint density at radius 1 is 1.17 bits per heavy atom. The molecule has 3 rings (SSSR count). The minimum absolute atomic E-state index is 0.00367. The summed E-state index contributed by atoms with van der Waals surface area (Å²) in [6.45, 7) is 0.0616. The lowest BCUT2D eigenvalue weighted by Gasteiger charge is -2.10. The van der Waals surface area contributed by atoms with Crippen LogP contribution in [0.1, 0.15) is 11.1 Å². The van der Waals surface area contributed by atoms with Crippen LogP contribution < -0.4 is 5.32 Å². The number of rotatable bonds is 3. The van der Waals surface area contributed by atoms with Crippen LogP contribution >= 0.6 is 11.6 Å². The Kier molecular flexibility index (Phi) is 3.85. The molecule has 0 bridgehead atoms. The number of nitrogens with one attached hydrogen (secondary N) is 2. The summed E-state index contributed by atoms with van der Waals surface area (Å²) >= 11 is 5.75. The van der Waals surface area contributed by atoms with Gasteiger partial charge in [-0.25, -0.2) is 14.4 Å². The SMILES string of the molecule is Fc1cc(Cl)cc(CNc2ncnc3[nH]cc(C(F)(F)F)c23)c1. The molecule has 0 fully saturated rings. The maximum absolute atomic E-state index is 13.3. The molecule has 3 aromatic rings. The van der Waals surface area contributed by atoms with Gasteiger partial charge < -0.3 is 10.3 Å². The van der Waals surface area contributed by atoms with Crippen LogP contribution in [-0.2, 0) is 12.7 Å². The van der Waals surface area contributed by atoms with E-state index >= 15 is 0 Å². The van der Waals surface area contributed by atoms with E-state index in [2.05, 4.69) is 20.3 Å². The van der Waals surface area contributed by atoms with Crippen molar-refractivity contribution in [3.05, 3.63) is 52.7 Å². The number of fused-ring (bicyclic) bond motifs is 1. The van der Waals surface area contributed by atoms with Gasteiger partial charge >= 0.3 is 6.18 Å². The smallest absolute Gasteiger partial charge is 0.365 e. The number of alkyl halides is 3. The van der Waals surface area contributed by atoms with Crippen molar-refractivity contribution in [3.63, 3.8) is 0 Å². The fourth-order valence-corrected chi connectivity index (χ4v) is 2.46. The van der Waals surface area contributed by atoms with Gasteiger partial charge in [-0.15, -0.1) is 0 Å². The first-order valence-corrected chi connectivity index (χ1v) is 6.80. The topological polar surface area (TPSA) is 53.6 Å². The summed E-state index contributed by atoms with van der Waals surface area (Å²) in [6.07, 6.45) is -2.56. The summed E-state index contributed by atoms with van der Waals surface area (Å²) in [5.41, 5.74) is -0.328. The highest BCUT2D eigenvalue weighted by Gasteiger charge is 2.35. The van der Waals surface area contributed by atoms with Crippen LogP contribution in [0.4, 0.5) is 23.4 Å². The van der Waals surface area contributed by atoms with E-state index in [1.54, 1.807) is 0 Å². The van der Waals surface area contributed by atoms with Gasteiger partial charge in [0.15, 0.2) is 0 Å². The van der Waals surface area contributed by atoms with Gasteiger partial charge in [-0.3, -0.25) is 0 Å². The molecule has 4 nitrogen and oxygen atoms in total. The number of hydrogen-bond donors (Lipinski definition) is 2. The number of nitrogens with zero attached hydrogens (tertiary/aromatic N) is 2. The van der Waals surface area contributed by atoms with E-state index in [1.165, 1.54) is 12.1 Å². The molecule has 0 atom stereocenters. The fraction of sp³-hybridized carbons (Fsp3) is 0.143. The second kappa shape index (κ2) is 5.69. The minimum Gasteiger partial charge on any atom is -0.365 e. The van der Waals surface area contributed by atoms with Crippen LogP contribution in [-0.4, -0.2) is 15.0 Å². The first-order chi connectivity index (χ1) is 10.8. The molecule has 2 aromatic heterocycles. The lowest BCUT2D eigenvalue weighted by molar-refractivity contribution is -0.136. The molecule has 2 heterocycles. The van der Waals surface area contributed by atoms with Crippen molar-refractivity contribution in [1.82, 2.24) is 15.0 Å². The molecule has 1 aromatic carbocycles. The summed E-state index contributed by atoms with van der Waals surface area (Å²) in [7, 11) is 0. The number of aromatic nitrogens is 3. The monoisotopic (exact) mass is 344 g/mol. The van der Waals surface area contributed by atoms with Gasteiger partial charge in [0.1, 0.15) is 23.6 Å². The fourth-order valence-electron chi connectivity index (χ4n) is 2.22. The van der Waals surface area contributed by atoms with Crippen molar-refractivity contribution in [2.75, 3.05) is 5.32 Å². The van der Waals surface area contributed by atoms with E-state index in [1.807, 2.05) is 0 Å².